The number of aliphatic imine (C=N–C) groups is 1. The molecule has 0 heterocycles. The standard InChI is InChI=1S/C15H21N3.HI/c16-15(18-12-14-8-4-9-14)17-11-5-10-13-6-2-1-3-7-13;/h1-3,5-7,10,14H,4,8-9,11-12H2,(H3,16,17,18);1H. The van der Waals surface area contributed by atoms with Gasteiger partial charge in [0, 0.05) is 6.54 Å². The Morgan fingerprint density at radius 2 is 2.05 bits per heavy atom. The van der Waals surface area contributed by atoms with Gasteiger partial charge in [0.05, 0.1) is 6.54 Å². The van der Waals surface area contributed by atoms with E-state index in [0.29, 0.717) is 12.5 Å². The smallest absolute Gasteiger partial charge is 0.188 e. The fourth-order valence-corrected chi connectivity index (χ4v) is 1.91. The van der Waals surface area contributed by atoms with Crippen LogP contribution in [0.1, 0.15) is 24.8 Å². The number of benzene rings is 1. The highest BCUT2D eigenvalue weighted by atomic mass is 127. The Balaban J connectivity index is 0.00000180. The predicted molar refractivity (Wildman–Crippen MR) is 92.7 cm³/mol. The van der Waals surface area contributed by atoms with Crippen LogP contribution < -0.4 is 11.1 Å². The molecule has 0 bridgehead atoms. The number of hydrogen-bond acceptors (Lipinski definition) is 1. The minimum absolute atomic E-state index is 0. The number of guanidine groups is 1. The lowest BCUT2D eigenvalue weighted by Gasteiger charge is -2.25. The van der Waals surface area contributed by atoms with Gasteiger partial charge in [0.25, 0.3) is 0 Å². The van der Waals surface area contributed by atoms with Crippen molar-refractivity contribution in [2.45, 2.75) is 19.3 Å². The average molecular weight is 371 g/mol. The van der Waals surface area contributed by atoms with Gasteiger partial charge in [-0.3, -0.25) is 0 Å². The molecule has 1 aromatic rings. The minimum Gasteiger partial charge on any atom is -0.370 e. The second kappa shape index (κ2) is 8.96. The monoisotopic (exact) mass is 371 g/mol. The van der Waals surface area contributed by atoms with Gasteiger partial charge in [-0.25, -0.2) is 4.99 Å². The van der Waals surface area contributed by atoms with Gasteiger partial charge < -0.3 is 11.1 Å². The van der Waals surface area contributed by atoms with E-state index < -0.39 is 0 Å². The van der Waals surface area contributed by atoms with Crippen molar-refractivity contribution in [3.05, 3.63) is 42.0 Å². The molecule has 0 atom stereocenters. The Kier molecular flexibility index (Phi) is 7.55. The molecule has 1 aliphatic carbocycles. The predicted octanol–water partition coefficient (Wildman–Crippen LogP) is 3.02. The molecule has 0 radical (unpaired) electrons. The molecule has 0 aliphatic heterocycles. The van der Waals surface area contributed by atoms with Gasteiger partial charge >= 0.3 is 0 Å². The van der Waals surface area contributed by atoms with Gasteiger partial charge in [0.1, 0.15) is 0 Å². The topological polar surface area (TPSA) is 50.4 Å². The third kappa shape index (κ3) is 6.09. The van der Waals surface area contributed by atoms with Gasteiger partial charge in [-0.2, -0.15) is 0 Å². The van der Waals surface area contributed by atoms with Crippen molar-refractivity contribution in [3.8, 4) is 0 Å². The van der Waals surface area contributed by atoms with E-state index in [1.807, 2.05) is 24.3 Å². The summed E-state index contributed by atoms with van der Waals surface area (Å²) in [7, 11) is 0. The molecule has 4 heteroatoms. The van der Waals surface area contributed by atoms with Crippen LogP contribution in [0.25, 0.3) is 6.08 Å². The molecule has 19 heavy (non-hydrogen) atoms. The lowest BCUT2D eigenvalue weighted by Crippen LogP contribution is -2.37. The van der Waals surface area contributed by atoms with Crippen LogP contribution in [-0.2, 0) is 0 Å². The van der Waals surface area contributed by atoms with E-state index in [9.17, 15) is 0 Å². The molecule has 0 aromatic heterocycles. The number of nitrogens with one attached hydrogen (secondary N) is 1. The van der Waals surface area contributed by atoms with Crippen molar-refractivity contribution in [2.75, 3.05) is 13.1 Å². The highest BCUT2D eigenvalue weighted by Crippen LogP contribution is 2.24. The summed E-state index contributed by atoms with van der Waals surface area (Å²) in [6.45, 7) is 1.59. The molecule has 1 aliphatic rings. The van der Waals surface area contributed by atoms with Gasteiger partial charge in [-0.05, 0) is 24.3 Å². The van der Waals surface area contributed by atoms with Crippen LogP contribution in [0, 0.1) is 5.92 Å². The summed E-state index contributed by atoms with van der Waals surface area (Å²) in [4.78, 5) is 4.27. The number of nitrogens with two attached hydrogens (primary N) is 1. The summed E-state index contributed by atoms with van der Waals surface area (Å²) in [5, 5.41) is 3.18. The van der Waals surface area contributed by atoms with E-state index in [2.05, 4.69) is 28.5 Å². The van der Waals surface area contributed by atoms with E-state index in [0.717, 1.165) is 12.5 Å². The Hall–Kier alpha value is -1.04. The Labute approximate surface area is 132 Å². The highest BCUT2D eigenvalue weighted by Gasteiger charge is 2.16. The molecule has 3 N–H and O–H groups in total. The first-order chi connectivity index (χ1) is 8.84. The number of nitrogens with zero attached hydrogens (tertiary/aromatic N) is 1. The van der Waals surface area contributed by atoms with Gasteiger partial charge in [-0.15, -0.1) is 24.0 Å². The fourth-order valence-electron chi connectivity index (χ4n) is 1.91. The molecule has 0 saturated heterocycles. The molecule has 3 nitrogen and oxygen atoms in total. The van der Waals surface area contributed by atoms with Gasteiger partial charge in [0.2, 0.25) is 0 Å². The molecule has 1 aromatic carbocycles. The van der Waals surface area contributed by atoms with Crippen LogP contribution >= 0.6 is 24.0 Å². The normalized spacial score (nSPS) is 15.9. The summed E-state index contributed by atoms with van der Waals surface area (Å²) in [6, 6.07) is 10.2. The highest BCUT2D eigenvalue weighted by molar-refractivity contribution is 14.0. The second-order valence-corrected chi connectivity index (χ2v) is 4.72. The van der Waals surface area contributed by atoms with Crippen LogP contribution in [0.2, 0.25) is 0 Å². The summed E-state index contributed by atoms with van der Waals surface area (Å²) < 4.78 is 0. The third-order valence-corrected chi connectivity index (χ3v) is 3.27. The molecular formula is C15H22IN3. The lowest BCUT2D eigenvalue weighted by atomic mass is 9.85. The quantitative estimate of drug-likeness (QED) is 0.475. The van der Waals surface area contributed by atoms with Crippen LogP contribution in [0.4, 0.5) is 0 Å². The Morgan fingerprint density at radius 3 is 2.68 bits per heavy atom. The zero-order valence-electron chi connectivity index (χ0n) is 11.1. The number of rotatable bonds is 5. The number of hydrogen-bond donors (Lipinski definition) is 2. The van der Waals surface area contributed by atoms with Crippen molar-refractivity contribution in [2.24, 2.45) is 16.6 Å². The molecule has 1 saturated carbocycles. The molecule has 1 fully saturated rings. The number of halogens is 1. The van der Waals surface area contributed by atoms with Crippen molar-refractivity contribution in [1.82, 2.24) is 5.32 Å². The van der Waals surface area contributed by atoms with Gasteiger partial charge in [-0.1, -0.05) is 48.9 Å². The second-order valence-electron chi connectivity index (χ2n) is 4.72. The zero-order valence-corrected chi connectivity index (χ0v) is 13.4. The van der Waals surface area contributed by atoms with E-state index in [-0.39, 0.29) is 24.0 Å². The summed E-state index contributed by atoms with van der Waals surface area (Å²) in [5.74, 6) is 1.36. The van der Waals surface area contributed by atoms with Crippen LogP contribution in [-0.4, -0.2) is 19.0 Å². The first kappa shape index (κ1) is 16.0. The van der Waals surface area contributed by atoms with E-state index in [4.69, 9.17) is 5.73 Å². The van der Waals surface area contributed by atoms with E-state index in [1.165, 1.54) is 24.8 Å². The zero-order chi connectivity index (χ0) is 12.6. The third-order valence-electron chi connectivity index (χ3n) is 3.27. The van der Waals surface area contributed by atoms with Crippen molar-refractivity contribution in [1.29, 1.82) is 0 Å². The van der Waals surface area contributed by atoms with Gasteiger partial charge in [0.15, 0.2) is 5.96 Å². The molecule has 0 unspecified atom stereocenters. The first-order valence-electron chi connectivity index (χ1n) is 6.60. The maximum atomic E-state index is 5.79. The molecule has 0 amide bonds. The average Bonchev–Trinajstić information content (AvgIpc) is 2.34. The maximum absolute atomic E-state index is 5.79. The van der Waals surface area contributed by atoms with E-state index in [1.54, 1.807) is 0 Å². The molecule has 104 valence electrons. The SMILES string of the molecule is I.NC(=NCC=Cc1ccccc1)NCC1CCC1. The first-order valence-corrected chi connectivity index (χ1v) is 6.60. The lowest BCUT2D eigenvalue weighted by molar-refractivity contribution is 0.315. The Morgan fingerprint density at radius 1 is 1.32 bits per heavy atom. The van der Waals surface area contributed by atoms with Crippen molar-refractivity contribution < 1.29 is 0 Å². The van der Waals surface area contributed by atoms with Crippen LogP contribution in [0.15, 0.2) is 41.4 Å². The summed E-state index contributed by atoms with van der Waals surface area (Å²) in [5.41, 5.74) is 6.97. The maximum Gasteiger partial charge on any atom is 0.188 e. The van der Waals surface area contributed by atoms with E-state index >= 15 is 0 Å². The minimum atomic E-state index is 0. The molecular weight excluding hydrogens is 349 g/mol. The molecule has 2 rings (SSSR count). The van der Waals surface area contributed by atoms with Crippen molar-refractivity contribution in [3.63, 3.8) is 0 Å². The summed E-state index contributed by atoms with van der Waals surface area (Å²) >= 11 is 0. The Bertz CT molecular complexity index is 411. The van der Waals surface area contributed by atoms with Crippen molar-refractivity contribution >= 4 is 36.0 Å². The largest absolute Gasteiger partial charge is 0.370 e. The summed E-state index contributed by atoms with van der Waals surface area (Å²) in [6.07, 6.45) is 8.10. The van der Waals surface area contributed by atoms with Crippen LogP contribution in [0.3, 0.4) is 0 Å². The van der Waals surface area contributed by atoms with Crippen LogP contribution in [0.5, 0.6) is 0 Å². The molecule has 0 spiro atoms. The fraction of sp³-hybridized carbons (Fsp3) is 0.400.